The SMILES string of the molecule is CCOc1ccccc1OCCn1cnc(CCNC)c1. The molecule has 5 heteroatoms. The maximum Gasteiger partial charge on any atom is 0.161 e. The molecule has 0 aliphatic heterocycles. The van der Waals surface area contributed by atoms with Gasteiger partial charge < -0.3 is 19.4 Å². The zero-order valence-corrected chi connectivity index (χ0v) is 12.7. The van der Waals surface area contributed by atoms with Gasteiger partial charge in [0.25, 0.3) is 0 Å². The Bertz CT molecular complexity index is 540. The van der Waals surface area contributed by atoms with Gasteiger partial charge in [0.1, 0.15) is 6.61 Å². The molecule has 0 amide bonds. The Balaban J connectivity index is 1.82. The Hall–Kier alpha value is -2.01. The number of benzene rings is 1. The number of imidazole rings is 1. The summed E-state index contributed by atoms with van der Waals surface area (Å²) in [6.07, 6.45) is 4.86. The lowest BCUT2D eigenvalue weighted by molar-refractivity contribution is 0.266. The Labute approximate surface area is 125 Å². The molecule has 1 heterocycles. The fourth-order valence-electron chi connectivity index (χ4n) is 2.02. The summed E-state index contributed by atoms with van der Waals surface area (Å²) in [6, 6.07) is 7.75. The maximum atomic E-state index is 5.80. The summed E-state index contributed by atoms with van der Waals surface area (Å²) in [6.45, 7) is 4.90. The second kappa shape index (κ2) is 8.32. The number of likely N-dealkylation sites (N-methyl/N-ethyl adjacent to an activating group) is 1. The number of hydrogen-bond donors (Lipinski definition) is 1. The molecule has 0 fully saturated rings. The van der Waals surface area contributed by atoms with Crippen LogP contribution in [-0.4, -0.2) is 36.4 Å². The van der Waals surface area contributed by atoms with Crippen molar-refractivity contribution in [1.29, 1.82) is 0 Å². The first kappa shape index (κ1) is 15.4. The number of nitrogens with zero attached hydrogens (tertiary/aromatic N) is 2. The van der Waals surface area contributed by atoms with E-state index in [1.54, 1.807) is 0 Å². The molecular formula is C16H23N3O2. The van der Waals surface area contributed by atoms with E-state index in [2.05, 4.69) is 16.5 Å². The van der Waals surface area contributed by atoms with Gasteiger partial charge in [-0.2, -0.15) is 0 Å². The van der Waals surface area contributed by atoms with Crippen molar-refractivity contribution >= 4 is 0 Å². The molecule has 1 aromatic carbocycles. The van der Waals surface area contributed by atoms with E-state index in [0.717, 1.165) is 36.7 Å². The second-order valence-corrected chi connectivity index (χ2v) is 4.68. The molecule has 21 heavy (non-hydrogen) atoms. The van der Waals surface area contributed by atoms with Crippen molar-refractivity contribution in [3.05, 3.63) is 42.5 Å². The standard InChI is InChI=1S/C16H23N3O2/c1-3-20-15-6-4-5-7-16(15)21-11-10-19-12-14(18-13-19)8-9-17-2/h4-7,12-13,17H,3,8-11H2,1-2H3. The topological polar surface area (TPSA) is 48.3 Å². The average molecular weight is 289 g/mol. The minimum absolute atomic E-state index is 0.589. The summed E-state index contributed by atoms with van der Waals surface area (Å²) in [5.74, 6) is 1.58. The van der Waals surface area contributed by atoms with Gasteiger partial charge in [-0.25, -0.2) is 4.98 Å². The average Bonchev–Trinajstić information content (AvgIpc) is 2.95. The lowest BCUT2D eigenvalue weighted by Crippen LogP contribution is -2.10. The van der Waals surface area contributed by atoms with Crippen molar-refractivity contribution in [3.63, 3.8) is 0 Å². The van der Waals surface area contributed by atoms with Crippen LogP contribution in [0, 0.1) is 0 Å². The Morgan fingerprint density at radius 1 is 1.19 bits per heavy atom. The van der Waals surface area contributed by atoms with Crippen molar-refractivity contribution in [3.8, 4) is 11.5 Å². The number of nitrogens with one attached hydrogen (secondary N) is 1. The van der Waals surface area contributed by atoms with Gasteiger partial charge >= 0.3 is 0 Å². The quantitative estimate of drug-likeness (QED) is 0.768. The van der Waals surface area contributed by atoms with E-state index in [1.807, 2.05) is 49.1 Å². The molecule has 0 atom stereocenters. The Morgan fingerprint density at radius 2 is 1.95 bits per heavy atom. The molecular weight excluding hydrogens is 266 g/mol. The Kier molecular flexibility index (Phi) is 6.09. The molecule has 1 N–H and O–H groups in total. The predicted octanol–water partition coefficient (Wildman–Crippen LogP) is 2.12. The van der Waals surface area contributed by atoms with Crippen LogP contribution in [0.15, 0.2) is 36.8 Å². The maximum absolute atomic E-state index is 5.80. The van der Waals surface area contributed by atoms with Gasteiger partial charge in [-0.1, -0.05) is 12.1 Å². The number of para-hydroxylation sites is 2. The molecule has 0 saturated heterocycles. The highest BCUT2D eigenvalue weighted by Crippen LogP contribution is 2.26. The highest BCUT2D eigenvalue weighted by Gasteiger charge is 2.04. The second-order valence-electron chi connectivity index (χ2n) is 4.68. The highest BCUT2D eigenvalue weighted by molar-refractivity contribution is 5.39. The fraction of sp³-hybridized carbons (Fsp3) is 0.438. The van der Waals surface area contributed by atoms with Crippen molar-refractivity contribution in [1.82, 2.24) is 14.9 Å². The normalized spacial score (nSPS) is 10.6. The fourth-order valence-corrected chi connectivity index (χ4v) is 2.02. The summed E-state index contributed by atoms with van der Waals surface area (Å²) in [5, 5.41) is 3.12. The molecule has 0 unspecified atom stereocenters. The monoisotopic (exact) mass is 289 g/mol. The molecule has 114 valence electrons. The van der Waals surface area contributed by atoms with Crippen LogP contribution < -0.4 is 14.8 Å². The van der Waals surface area contributed by atoms with Gasteiger partial charge in [0.15, 0.2) is 11.5 Å². The van der Waals surface area contributed by atoms with Crippen molar-refractivity contribution in [2.24, 2.45) is 0 Å². The Morgan fingerprint density at radius 3 is 2.67 bits per heavy atom. The van der Waals surface area contributed by atoms with Crippen LogP contribution in [0.25, 0.3) is 0 Å². The number of ether oxygens (including phenoxy) is 2. The van der Waals surface area contributed by atoms with E-state index < -0.39 is 0 Å². The van der Waals surface area contributed by atoms with Crippen LogP contribution in [0.1, 0.15) is 12.6 Å². The van der Waals surface area contributed by atoms with E-state index in [1.165, 1.54) is 0 Å². The zero-order valence-electron chi connectivity index (χ0n) is 12.7. The first-order chi connectivity index (χ1) is 10.3. The summed E-state index contributed by atoms with van der Waals surface area (Å²) >= 11 is 0. The van der Waals surface area contributed by atoms with Crippen LogP contribution in [0.5, 0.6) is 11.5 Å². The first-order valence-corrected chi connectivity index (χ1v) is 7.33. The van der Waals surface area contributed by atoms with Crippen LogP contribution in [0.3, 0.4) is 0 Å². The third-order valence-electron chi connectivity index (χ3n) is 3.07. The van der Waals surface area contributed by atoms with Crippen molar-refractivity contribution in [2.45, 2.75) is 19.9 Å². The van der Waals surface area contributed by atoms with E-state index in [0.29, 0.717) is 13.2 Å². The van der Waals surface area contributed by atoms with Gasteiger partial charge in [0, 0.05) is 19.2 Å². The summed E-state index contributed by atoms with van der Waals surface area (Å²) in [7, 11) is 1.95. The van der Waals surface area contributed by atoms with Crippen molar-refractivity contribution in [2.75, 3.05) is 26.8 Å². The number of hydrogen-bond acceptors (Lipinski definition) is 4. The lowest BCUT2D eigenvalue weighted by atomic mass is 10.3. The molecule has 2 aromatic rings. The molecule has 1 aromatic heterocycles. The van der Waals surface area contributed by atoms with Gasteiger partial charge in [-0.05, 0) is 26.1 Å². The molecule has 5 nitrogen and oxygen atoms in total. The molecule has 0 aliphatic carbocycles. The number of aromatic nitrogens is 2. The van der Waals surface area contributed by atoms with Crippen LogP contribution in [-0.2, 0) is 13.0 Å². The third-order valence-corrected chi connectivity index (χ3v) is 3.07. The summed E-state index contributed by atoms with van der Waals surface area (Å²) < 4.78 is 13.4. The molecule has 2 rings (SSSR count). The van der Waals surface area contributed by atoms with Crippen LogP contribution >= 0.6 is 0 Å². The van der Waals surface area contributed by atoms with Gasteiger partial charge in [-0.3, -0.25) is 0 Å². The van der Waals surface area contributed by atoms with E-state index in [4.69, 9.17) is 9.47 Å². The molecule has 0 spiro atoms. The van der Waals surface area contributed by atoms with Crippen molar-refractivity contribution < 1.29 is 9.47 Å². The van der Waals surface area contributed by atoms with Gasteiger partial charge in [0.2, 0.25) is 0 Å². The largest absolute Gasteiger partial charge is 0.490 e. The number of rotatable bonds is 9. The minimum Gasteiger partial charge on any atom is -0.490 e. The summed E-state index contributed by atoms with van der Waals surface area (Å²) in [4.78, 5) is 4.37. The highest BCUT2D eigenvalue weighted by atomic mass is 16.5. The molecule has 0 radical (unpaired) electrons. The van der Waals surface area contributed by atoms with E-state index >= 15 is 0 Å². The first-order valence-electron chi connectivity index (χ1n) is 7.33. The lowest BCUT2D eigenvalue weighted by Gasteiger charge is -2.11. The molecule has 0 bridgehead atoms. The predicted molar refractivity (Wildman–Crippen MR) is 83.0 cm³/mol. The van der Waals surface area contributed by atoms with Crippen LogP contribution in [0.4, 0.5) is 0 Å². The van der Waals surface area contributed by atoms with E-state index in [9.17, 15) is 0 Å². The molecule has 0 saturated carbocycles. The summed E-state index contributed by atoms with van der Waals surface area (Å²) in [5.41, 5.74) is 1.10. The van der Waals surface area contributed by atoms with E-state index in [-0.39, 0.29) is 0 Å². The van der Waals surface area contributed by atoms with Gasteiger partial charge in [0.05, 0.1) is 25.2 Å². The zero-order chi connectivity index (χ0) is 14.9. The smallest absolute Gasteiger partial charge is 0.161 e. The minimum atomic E-state index is 0.589. The van der Waals surface area contributed by atoms with Crippen LogP contribution in [0.2, 0.25) is 0 Å². The van der Waals surface area contributed by atoms with Gasteiger partial charge in [-0.15, -0.1) is 0 Å². The third kappa shape index (κ3) is 4.79. The molecule has 0 aliphatic rings.